The molecule has 0 spiro atoms. The van der Waals surface area contributed by atoms with E-state index in [0.717, 1.165) is 17.5 Å². The molecule has 0 aliphatic carbocycles. The third-order valence-corrected chi connectivity index (χ3v) is 6.34. The van der Waals surface area contributed by atoms with Gasteiger partial charge in [-0.05, 0) is 25.0 Å². The number of rotatable bonds is 4. The number of aromatic nitrogens is 1. The fraction of sp³-hybridized carbons (Fsp3) is 0.526. The highest BCUT2D eigenvalue weighted by Gasteiger charge is 2.31. The van der Waals surface area contributed by atoms with Crippen molar-refractivity contribution >= 4 is 38.5 Å². The van der Waals surface area contributed by atoms with E-state index in [0.29, 0.717) is 43.4 Å². The number of ether oxygens (including phenoxy) is 1. The Balaban J connectivity index is 1.32. The summed E-state index contributed by atoms with van der Waals surface area (Å²) < 4.78 is 20.1. The smallest absolute Gasteiger partial charge is 0.251 e. The van der Waals surface area contributed by atoms with Gasteiger partial charge in [-0.2, -0.15) is 0 Å². The van der Waals surface area contributed by atoms with E-state index in [9.17, 15) is 14.0 Å². The zero-order valence-corrected chi connectivity index (χ0v) is 16.6. The van der Waals surface area contributed by atoms with Crippen LogP contribution in [0.4, 0.5) is 9.52 Å². The maximum Gasteiger partial charge on any atom is 0.251 e. The topological polar surface area (TPSA) is 66.0 Å². The molecule has 2 aromatic rings. The van der Waals surface area contributed by atoms with Crippen molar-refractivity contribution in [1.82, 2.24) is 14.8 Å². The molecule has 7 nitrogen and oxygen atoms in total. The molecule has 0 bridgehead atoms. The second kappa shape index (κ2) is 8.00. The summed E-state index contributed by atoms with van der Waals surface area (Å²) in [5.41, 5.74) is 0.336. The number of anilines is 1. The predicted octanol–water partition coefficient (Wildman–Crippen LogP) is 1.72. The normalized spacial score (nSPS) is 20.0. The molecule has 2 fully saturated rings. The fourth-order valence-corrected chi connectivity index (χ4v) is 4.53. The van der Waals surface area contributed by atoms with E-state index < -0.39 is 0 Å². The van der Waals surface area contributed by atoms with Crippen molar-refractivity contribution < 1.29 is 18.7 Å². The van der Waals surface area contributed by atoms with Crippen molar-refractivity contribution in [1.29, 1.82) is 0 Å². The van der Waals surface area contributed by atoms with Gasteiger partial charge in [-0.25, -0.2) is 9.37 Å². The average molecular weight is 406 g/mol. The van der Waals surface area contributed by atoms with Crippen LogP contribution in [0.15, 0.2) is 18.2 Å². The molecular formula is C19H23FN4O3S. The number of carbonyl (C=O) groups is 2. The van der Waals surface area contributed by atoms with Crippen molar-refractivity contribution in [3.63, 3.8) is 0 Å². The highest BCUT2D eigenvalue weighted by atomic mass is 32.1. The zero-order chi connectivity index (χ0) is 19.7. The lowest BCUT2D eigenvalue weighted by Gasteiger charge is -2.36. The lowest BCUT2D eigenvalue weighted by atomic mass is 10.2. The van der Waals surface area contributed by atoms with Gasteiger partial charge in [0.1, 0.15) is 17.4 Å². The molecule has 150 valence electrons. The molecule has 2 saturated heterocycles. The fourth-order valence-electron chi connectivity index (χ4n) is 3.59. The Kier molecular flexibility index (Phi) is 5.45. The van der Waals surface area contributed by atoms with Crippen molar-refractivity contribution in [3.8, 4) is 0 Å². The Morgan fingerprint density at radius 1 is 1.29 bits per heavy atom. The summed E-state index contributed by atoms with van der Waals surface area (Å²) in [6.07, 6.45) is 1.40. The molecule has 9 heteroatoms. The Morgan fingerprint density at radius 3 is 2.71 bits per heavy atom. The van der Waals surface area contributed by atoms with E-state index in [4.69, 9.17) is 4.74 Å². The minimum absolute atomic E-state index is 0.0218. The van der Waals surface area contributed by atoms with Crippen LogP contribution in [0.2, 0.25) is 0 Å². The second-order valence-corrected chi connectivity index (χ2v) is 8.16. The van der Waals surface area contributed by atoms with E-state index >= 15 is 0 Å². The van der Waals surface area contributed by atoms with Crippen molar-refractivity contribution in [3.05, 3.63) is 24.0 Å². The standard InChI is InChI=1S/C19H23FN4O3S/c1-22(19-21-17-13(20)4-2-6-15(17)28-19)12-16(25)23-7-9-24(10-8-23)18(26)14-5-3-11-27-14/h2,4,6,14H,3,5,7-12H2,1H3. The predicted molar refractivity (Wildman–Crippen MR) is 105 cm³/mol. The molecule has 0 saturated carbocycles. The Hall–Kier alpha value is -2.26. The first-order valence-electron chi connectivity index (χ1n) is 9.47. The maximum absolute atomic E-state index is 13.8. The Morgan fingerprint density at radius 2 is 2.04 bits per heavy atom. The van der Waals surface area contributed by atoms with Gasteiger partial charge in [0.25, 0.3) is 5.91 Å². The molecule has 1 aromatic heterocycles. The van der Waals surface area contributed by atoms with E-state index in [1.165, 1.54) is 17.4 Å². The zero-order valence-electron chi connectivity index (χ0n) is 15.8. The number of nitrogens with zero attached hydrogens (tertiary/aromatic N) is 4. The average Bonchev–Trinajstić information content (AvgIpc) is 3.38. The van der Waals surface area contributed by atoms with E-state index in [2.05, 4.69) is 4.98 Å². The minimum Gasteiger partial charge on any atom is -0.368 e. The number of piperazine rings is 1. The van der Waals surface area contributed by atoms with Gasteiger partial charge in [-0.15, -0.1) is 0 Å². The van der Waals surface area contributed by atoms with Crippen LogP contribution in [0.5, 0.6) is 0 Å². The molecule has 0 N–H and O–H groups in total. The number of para-hydroxylation sites is 1. The number of hydrogen-bond acceptors (Lipinski definition) is 6. The first-order valence-corrected chi connectivity index (χ1v) is 10.3. The molecule has 2 aliphatic heterocycles. The van der Waals surface area contributed by atoms with Gasteiger partial charge in [0.2, 0.25) is 5.91 Å². The number of halogens is 1. The number of fused-ring (bicyclic) bond motifs is 1. The molecule has 2 aliphatic rings. The summed E-state index contributed by atoms with van der Waals surface area (Å²) in [4.78, 5) is 34.7. The van der Waals surface area contributed by atoms with Crippen molar-refractivity contribution in [2.45, 2.75) is 18.9 Å². The highest BCUT2D eigenvalue weighted by molar-refractivity contribution is 7.22. The number of benzene rings is 1. The van der Waals surface area contributed by atoms with Gasteiger partial charge in [-0.3, -0.25) is 9.59 Å². The maximum atomic E-state index is 13.8. The van der Waals surface area contributed by atoms with Crippen LogP contribution in [0, 0.1) is 5.82 Å². The Labute approximate surface area is 166 Å². The minimum atomic E-state index is -0.355. The van der Waals surface area contributed by atoms with Crippen LogP contribution in [-0.2, 0) is 14.3 Å². The lowest BCUT2D eigenvalue weighted by molar-refractivity contribution is -0.145. The summed E-state index contributed by atoms with van der Waals surface area (Å²) in [5, 5.41) is 0.612. The number of thiazole rings is 1. The summed E-state index contributed by atoms with van der Waals surface area (Å²) in [5.74, 6) is -0.337. The van der Waals surface area contributed by atoms with E-state index in [1.54, 1.807) is 27.8 Å². The molecule has 28 heavy (non-hydrogen) atoms. The van der Waals surface area contributed by atoms with Gasteiger partial charge in [0.05, 0.1) is 11.2 Å². The van der Waals surface area contributed by atoms with Crippen molar-refractivity contribution in [2.75, 3.05) is 51.3 Å². The largest absolute Gasteiger partial charge is 0.368 e. The van der Waals surface area contributed by atoms with E-state index in [1.807, 2.05) is 6.07 Å². The SMILES string of the molecule is CN(CC(=O)N1CCN(C(=O)C2CCCO2)CC1)c1nc2c(F)cccc2s1. The van der Waals surface area contributed by atoms with Gasteiger partial charge >= 0.3 is 0 Å². The quantitative estimate of drug-likeness (QED) is 0.774. The highest BCUT2D eigenvalue weighted by Crippen LogP contribution is 2.29. The monoisotopic (exact) mass is 406 g/mol. The summed E-state index contributed by atoms with van der Waals surface area (Å²) >= 11 is 1.36. The number of likely N-dealkylation sites (N-methyl/N-ethyl adjacent to an activating group) is 1. The van der Waals surface area contributed by atoms with Crippen LogP contribution >= 0.6 is 11.3 Å². The number of hydrogen-bond donors (Lipinski definition) is 0. The lowest BCUT2D eigenvalue weighted by Crippen LogP contribution is -2.54. The molecule has 1 unspecified atom stereocenters. The third kappa shape index (κ3) is 3.81. The number of amides is 2. The summed E-state index contributed by atoms with van der Waals surface area (Å²) in [6, 6.07) is 4.86. The van der Waals surface area contributed by atoms with Crippen LogP contribution in [0.1, 0.15) is 12.8 Å². The second-order valence-electron chi connectivity index (χ2n) is 7.15. The van der Waals surface area contributed by atoms with Crippen LogP contribution in [0.25, 0.3) is 10.2 Å². The Bertz CT molecular complexity index is 875. The van der Waals surface area contributed by atoms with Crippen LogP contribution in [-0.4, -0.2) is 79.1 Å². The molecular weight excluding hydrogens is 383 g/mol. The van der Waals surface area contributed by atoms with Gasteiger partial charge < -0.3 is 19.4 Å². The van der Waals surface area contributed by atoms with Crippen molar-refractivity contribution in [2.24, 2.45) is 0 Å². The molecule has 0 radical (unpaired) electrons. The van der Waals surface area contributed by atoms with Gasteiger partial charge in [0.15, 0.2) is 5.13 Å². The van der Waals surface area contributed by atoms with Gasteiger partial charge in [0, 0.05) is 39.8 Å². The molecule has 1 aromatic carbocycles. The van der Waals surface area contributed by atoms with Gasteiger partial charge in [-0.1, -0.05) is 17.4 Å². The molecule has 2 amide bonds. The summed E-state index contributed by atoms with van der Waals surface area (Å²) in [6.45, 7) is 2.90. The summed E-state index contributed by atoms with van der Waals surface area (Å²) in [7, 11) is 1.78. The molecule has 4 rings (SSSR count). The van der Waals surface area contributed by atoms with Crippen LogP contribution < -0.4 is 4.90 Å². The van der Waals surface area contributed by atoms with E-state index in [-0.39, 0.29) is 30.3 Å². The molecule has 3 heterocycles. The van der Waals surface area contributed by atoms with Crippen LogP contribution in [0.3, 0.4) is 0 Å². The molecule has 1 atom stereocenters. The third-order valence-electron chi connectivity index (χ3n) is 5.21. The first kappa shape index (κ1) is 19.1. The first-order chi connectivity index (χ1) is 13.5. The number of carbonyl (C=O) groups excluding carboxylic acids is 2.